The maximum atomic E-state index is 12.4. The molecule has 0 spiro atoms. The third-order valence-corrected chi connectivity index (χ3v) is 4.90. The van der Waals surface area contributed by atoms with E-state index in [1.165, 1.54) is 0 Å². The lowest BCUT2D eigenvalue weighted by Crippen LogP contribution is -2.45. The third kappa shape index (κ3) is 4.13. The van der Waals surface area contributed by atoms with Crippen LogP contribution in [-0.2, 0) is 11.2 Å². The van der Waals surface area contributed by atoms with E-state index in [0.717, 1.165) is 25.7 Å². The number of aromatic amines is 1. The molecule has 8 nitrogen and oxygen atoms in total. The summed E-state index contributed by atoms with van der Waals surface area (Å²) in [6, 6.07) is 1.78. The topological polar surface area (TPSA) is 127 Å². The Hall–Kier alpha value is -2.61. The summed E-state index contributed by atoms with van der Waals surface area (Å²) >= 11 is 0. The zero-order chi connectivity index (χ0) is 18.5. The quantitative estimate of drug-likeness (QED) is 0.724. The number of hydrogen-bond donors (Lipinski definition) is 3. The fraction of sp³-hybridized carbons (Fsp3) is 0.500. The van der Waals surface area contributed by atoms with Crippen LogP contribution in [0.3, 0.4) is 0 Å². The molecule has 1 saturated carbocycles. The molecule has 2 heterocycles. The number of rotatable bonds is 5. The Balaban J connectivity index is 1.73. The van der Waals surface area contributed by atoms with E-state index in [0.29, 0.717) is 35.4 Å². The van der Waals surface area contributed by atoms with Crippen molar-refractivity contribution < 1.29 is 4.79 Å². The molecule has 1 fully saturated rings. The van der Waals surface area contributed by atoms with Crippen LogP contribution in [0.2, 0.25) is 0 Å². The molecule has 1 aliphatic rings. The number of aromatic nitrogens is 4. The molecule has 1 amide bonds. The van der Waals surface area contributed by atoms with Crippen LogP contribution in [-0.4, -0.2) is 38.4 Å². The highest BCUT2D eigenvalue weighted by Crippen LogP contribution is 2.23. The van der Waals surface area contributed by atoms with Crippen LogP contribution in [0.15, 0.2) is 23.3 Å². The van der Waals surface area contributed by atoms with Gasteiger partial charge in [-0.3, -0.25) is 9.59 Å². The van der Waals surface area contributed by atoms with Crippen LogP contribution in [0.4, 0.5) is 0 Å². The van der Waals surface area contributed by atoms with Gasteiger partial charge in [-0.1, -0.05) is 12.8 Å². The van der Waals surface area contributed by atoms with Gasteiger partial charge in [-0.25, -0.2) is 15.0 Å². The minimum absolute atomic E-state index is 0.00210. The molecule has 2 aromatic rings. The van der Waals surface area contributed by atoms with E-state index in [1.807, 2.05) is 0 Å². The Bertz CT molecular complexity index is 820. The van der Waals surface area contributed by atoms with Gasteiger partial charge >= 0.3 is 0 Å². The van der Waals surface area contributed by atoms with Crippen LogP contribution < -0.4 is 16.6 Å². The highest BCUT2D eigenvalue weighted by Gasteiger charge is 2.26. The van der Waals surface area contributed by atoms with Gasteiger partial charge in [0.25, 0.3) is 5.56 Å². The standard InChI is InChI=1S/C18H24N6O2/c1-11-13(9-15(25)23-14-6-3-2-5-12(14)10-19)18(26)24-17(22-11)16-20-7-4-8-21-16/h4,7-8,12,14H,2-3,5-6,9-10,19H2,1H3,(H,23,25)(H,22,24,26). The largest absolute Gasteiger partial charge is 0.353 e. The smallest absolute Gasteiger partial charge is 0.255 e. The van der Waals surface area contributed by atoms with Crippen molar-refractivity contribution in [1.29, 1.82) is 0 Å². The maximum absolute atomic E-state index is 12.4. The average molecular weight is 356 g/mol. The number of hydrogen-bond acceptors (Lipinski definition) is 6. The van der Waals surface area contributed by atoms with Crippen molar-refractivity contribution in [1.82, 2.24) is 25.3 Å². The van der Waals surface area contributed by atoms with Crippen molar-refractivity contribution in [3.05, 3.63) is 40.1 Å². The van der Waals surface area contributed by atoms with Crippen LogP contribution in [0.1, 0.15) is 36.9 Å². The first-order valence-electron chi connectivity index (χ1n) is 8.95. The summed E-state index contributed by atoms with van der Waals surface area (Å²) in [5.41, 5.74) is 6.34. The predicted octanol–water partition coefficient (Wildman–Crippen LogP) is 0.712. The number of aryl methyl sites for hydroxylation is 1. The van der Waals surface area contributed by atoms with Gasteiger partial charge in [0.1, 0.15) is 0 Å². The molecular formula is C18H24N6O2. The lowest BCUT2D eigenvalue weighted by atomic mass is 9.84. The molecule has 0 aromatic carbocycles. The number of carbonyl (C=O) groups is 1. The van der Waals surface area contributed by atoms with E-state index in [2.05, 4.69) is 25.3 Å². The van der Waals surface area contributed by atoms with Crippen LogP contribution in [0.5, 0.6) is 0 Å². The third-order valence-electron chi connectivity index (χ3n) is 4.90. The van der Waals surface area contributed by atoms with E-state index >= 15 is 0 Å². The first-order chi connectivity index (χ1) is 12.6. The highest BCUT2D eigenvalue weighted by molar-refractivity contribution is 5.79. The molecule has 8 heteroatoms. The fourth-order valence-electron chi connectivity index (χ4n) is 3.44. The van der Waals surface area contributed by atoms with Gasteiger partial charge in [-0.05, 0) is 38.3 Å². The number of carbonyl (C=O) groups excluding carboxylic acids is 1. The molecule has 2 aromatic heterocycles. The molecule has 26 heavy (non-hydrogen) atoms. The SMILES string of the molecule is Cc1nc(-c2ncccn2)[nH]c(=O)c1CC(=O)NC1CCCCC1CN. The van der Waals surface area contributed by atoms with E-state index < -0.39 is 0 Å². The second-order valence-corrected chi connectivity index (χ2v) is 6.68. The highest BCUT2D eigenvalue weighted by atomic mass is 16.2. The first-order valence-corrected chi connectivity index (χ1v) is 8.95. The first kappa shape index (κ1) is 18.2. The Morgan fingerprint density at radius 3 is 2.73 bits per heavy atom. The lowest BCUT2D eigenvalue weighted by Gasteiger charge is -2.31. The molecule has 1 aliphatic carbocycles. The zero-order valence-corrected chi connectivity index (χ0v) is 14.9. The van der Waals surface area contributed by atoms with Gasteiger partial charge < -0.3 is 16.0 Å². The van der Waals surface area contributed by atoms with E-state index in [9.17, 15) is 9.59 Å². The number of amides is 1. The van der Waals surface area contributed by atoms with Crippen LogP contribution in [0, 0.1) is 12.8 Å². The normalized spacial score (nSPS) is 19.9. The van der Waals surface area contributed by atoms with Gasteiger partial charge in [0.2, 0.25) is 5.91 Å². The molecule has 0 saturated heterocycles. The number of nitrogens with one attached hydrogen (secondary N) is 2. The monoisotopic (exact) mass is 356 g/mol. The summed E-state index contributed by atoms with van der Waals surface area (Å²) in [5, 5.41) is 3.04. The number of nitrogens with zero attached hydrogens (tertiary/aromatic N) is 3. The summed E-state index contributed by atoms with van der Waals surface area (Å²) in [7, 11) is 0. The van der Waals surface area contributed by atoms with Crippen LogP contribution >= 0.6 is 0 Å². The predicted molar refractivity (Wildman–Crippen MR) is 97.3 cm³/mol. The summed E-state index contributed by atoms with van der Waals surface area (Å²) in [4.78, 5) is 40.1. The average Bonchev–Trinajstić information content (AvgIpc) is 2.65. The fourth-order valence-corrected chi connectivity index (χ4v) is 3.44. The molecule has 3 rings (SSSR count). The molecule has 138 valence electrons. The van der Waals surface area contributed by atoms with E-state index in [-0.39, 0.29) is 23.9 Å². The summed E-state index contributed by atoms with van der Waals surface area (Å²) in [6.07, 6.45) is 7.38. The van der Waals surface area contributed by atoms with Crippen molar-refractivity contribution >= 4 is 5.91 Å². The lowest BCUT2D eigenvalue weighted by molar-refractivity contribution is -0.121. The molecule has 0 bridgehead atoms. The minimum Gasteiger partial charge on any atom is -0.353 e. The molecule has 4 N–H and O–H groups in total. The Morgan fingerprint density at radius 1 is 1.31 bits per heavy atom. The van der Waals surface area contributed by atoms with E-state index in [4.69, 9.17) is 5.73 Å². The Morgan fingerprint density at radius 2 is 2.04 bits per heavy atom. The van der Waals surface area contributed by atoms with Crippen molar-refractivity contribution in [3.63, 3.8) is 0 Å². The number of H-pyrrole nitrogens is 1. The van der Waals surface area contributed by atoms with Gasteiger partial charge in [0.05, 0.1) is 6.42 Å². The van der Waals surface area contributed by atoms with Gasteiger partial charge in [-0.2, -0.15) is 0 Å². The Labute approximate surface area is 151 Å². The minimum atomic E-state index is -0.339. The molecule has 0 aliphatic heterocycles. The van der Waals surface area contributed by atoms with Gasteiger partial charge in [0, 0.05) is 29.7 Å². The Kier molecular flexibility index (Phi) is 5.72. The van der Waals surface area contributed by atoms with Crippen molar-refractivity contribution in [2.45, 2.75) is 45.1 Å². The van der Waals surface area contributed by atoms with Crippen molar-refractivity contribution in [2.75, 3.05) is 6.54 Å². The van der Waals surface area contributed by atoms with Gasteiger partial charge in [-0.15, -0.1) is 0 Å². The van der Waals surface area contributed by atoms with E-state index in [1.54, 1.807) is 25.4 Å². The summed E-state index contributed by atoms with van der Waals surface area (Å²) in [6.45, 7) is 2.28. The van der Waals surface area contributed by atoms with Crippen LogP contribution in [0.25, 0.3) is 11.6 Å². The molecular weight excluding hydrogens is 332 g/mol. The maximum Gasteiger partial charge on any atom is 0.255 e. The molecule has 0 radical (unpaired) electrons. The summed E-state index contributed by atoms with van der Waals surface area (Å²) < 4.78 is 0. The summed E-state index contributed by atoms with van der Waals surface area (Å²) in [5.74, 6) is 0.779. The second-order valence-electron chi connectivity index (χ2n) is 6.68. The van der Waals surface area contributed by atoms with Crippen molar-refractivity contribution in [2.24, 2.45) is 11.7 Å². The second kappa shape index (κ2) is 8.18. The number of nitrogens with two attached hydrogens (primary N) is 1. The van der Waals surface area contributed by atoms with Gasteiger partial charge in [0.15, 0.2) is 11.6 Å². The molecule has 2 atom stereocenters. The van der Waals surface area contributed by atoms with Crippen molar-refractivity contribution in [3.8, 4) is 11.6 Å². The zero-order valence-electron chi connectivity index (χ0n) is 14.9. The molecule has 2 unspecified atom stereocenters.